The van der Waals surface area contributed by atoms with E-state index in [9.17, 15) is 14.1 Å². The summed E-state index contributed by atoms with van der Waals surface area (Å²) in [6.45, 7) is 4.06. The van der Waals surface area contributed by atoms with Crippen LogP contribution in [-0.2, 0) is 20.5 Å². The number of carboxylic acid groups (broad SMARTS) is 1. The van der Waals surface area contributed by atoms with Crippen molar-refractivity contribution >= 4 is 34.1 Å². The Hall–Kier alpha value is -1.91. The van der Waals surface area contributed by atoms with Gasteiger partial charge >= 0.3 is 5.97 Å². The molecule has 1 aromatic rings. The van der Waals surface area contributed by atoms with Gasteiger partial charge in [-0.1, -0.05) is 36.7 Å². The molecule has 0 bridgehead atoms. The fourth-order valence-electron chi connectivity index (χ4n) is 3.79. The SMILES string of the molecule is C#CC/C(=C\C=C(/C)S(=O)N1CCC(OC)C(CC)C1C(=O)O)c1ccc(Cl)cc1. The highest BCUT2D eigenvalue weighted by molar-refractivity contribution is 7.86. The first-order valence-electron chi connectivity index (χ1n) is 9.85. The molecule has 30 heavy (non-hydrogen) atoms. The molecule has 1 aliphatic heterocycles. The second-order valence-corrected chi connectivity index (χ2v) is 9.21. The van der Waals surface area contributed by atoms with Crippen molar-refractivity contribution in [2.75, 3.05) is 13.7 Å². The molecule has 7 heteroatoms. The number of terminal acetylenes is 1. The maximum atomic E-state index is 13.2. The minimum Gasteiger partial charge on any atom is -0.480 e. The molecule has 0 saturated carbocycles. The third kappa shape index (κ3) is 5.83. The predicted octanol–water partition coefficient (Wildman–Crippen LogP) is 4.51. The third-order valence-corrected chi connectivity index (χ3v) is 7.14. The molecule has 0 spiro atoms. The van der Waals surface area contributed by atoms with E-state index in [1.807, 2.05) is 25.1 Å². The Morgan fingerprint density at radius 1 is 1.40 bits per heavy atom. The summed E-state index contributed by atoms with van der Waals surface area (Å²) in [7, 11) is 0.0150. The summed E-state index contributed by atoms with van der Waals surface area (Å²) in [4.78, 5) is 12.6. The number of carboxylic acids is 1. The van der Waals surface area contributed by atoms with Gasteiger partial charge in [-0.2, -0.15) is 0 Å². The number of ether oxygens (including phenoxy) is 1. The first-order chi connectivity index (χ1) is 14.3. The zero-order valence-electron chi connectivity index (χ0n) is 17.5. The third-order valence-electron chi connectivity index (χ3n) is 5.37. The van der Waals surface area contributed by atoms with E-state index in [-0.39, 0.29) is 12.0 Å². The van der Waals surface area contributed by atoms with E-state index in [2.05, 4.69) is 5.92 Å². The van der Waals surface area contributed by atoms with E-state index in [1.54, 1.807) is 36.5 Å². The standard InChI is InChI=1S/C23H28ClNO4S/c1-5-7-17(18-10-12-19(24)13-11-18)9-8-16(3)30(28)25-15-14-21(29-4)20(6-2)22(25)23(26)27/h1,8-13,20-22H,6-7,14-15H2,2-4H3,(H,26,27)/b16-8+,17-9+. The number of rotatable bonds is 8. The Bertz CT molecular complexity index is 872. The number of methoxy groups -OCH3 is 1. The van der Waals surface area contributed by atoms with Crippen LogP contribution in [0.5, 0.6) is 0 Å². The summed E-state index contributed by atoms with van der Waals surface area (Å²) >= 11 is 5.96. The second-order valence-electron chi connectivity index (χ2n) is 7.16. The molecule has 0 radical (unpaired) electrons. The van der Waals surface area contributed by atoms with Crippen LogP contribution in [0.4, 0.5) is 0 Å². The Kier molecular flexibility index (Phi) is 9.32. The second kappa shape index (κ2) is 11.5. The van der Waals surface area contributed by atoms with Crippen LogP contribution < -0.4 is 0 Å². The van der Waals surface area contributed by atoms with Crippen LogP contribution in [0.1, 0.15) is 38.7 Å². The number of benzene rings is 1. The molecule has 1 N–H and O–H groups in total. The van der Waals surface area contributed by atoms with Crippen molar-refractivity contribution in [2.24, 2.45) is 5.92 Å². The minimum atomic E-state index is -1.58. The Labute approximate surface area is 186 Å². The fourth-order valence-corrected chi connectivity index (χ4v) is 5.19. The van der Waals surface area contributed by atoms with Crippen LogP contribution in [0.25, 0.3) is 5.57 Å². The lowest BCUT2D eigenvalue weighted by molar-refractivity contribution is -0.148. The fraction of sp³-hybridized carbons (Fsp3) is 0.435. The van der Waals surface area contributed by atoms with Gasteiger partial charge in [-0.25, -0.2) is 8.51 Å². The highest BCUT2D eigenvalue weighted by Crippen LogP contribution is 2.31. The van der Waals surface area contributed by atoms with Crippen LogP contribution in [0, 0.1) is 18.3 Å². The van der Waals surface area contributed by atoms with Crippen molar-refractivity contribution in [1.29, 1.82) is 0 Å². The molecule has 162 valence electrons. The van der Waals surface area contributed by atoms with Crippen LogP contribution in [0.15, 0.2) is 41.3 Å². The normalized spacial score (nSPS) is 24.3. The van der Waals surface area contributed by atoms with Crippen molar-refractivity contribution in [1.82, 2.24) is 4.31 Å². The summed E-state index contributed by atoms with van der Waals surface area (Å²) in [6.07, 6.45) is 10.6. The molecule has 0 amide bonds. The molecular weight excluding hydrogens is 422 g/mol. The van der Waals surface area contributed by atoms with Gasteiger partial charge in [-0.15, -0.1) is 12.3 Å². The van der Waals surface area contributed by atoms with Gasteiger partial charge in [0.1, 0.15) is 17.0 Å². The summed E-state index contributed by atoms with van der Waals surface area (Å²) in [5.41, 5.74) is 1.83. The number of aliphatic carboxylic acids is 1. The molecule has 1 aromatic carbocycles. The molecule has 1 heterocycles. The number of nitrogens with zero attached hydrogens (tertiary/aromatic N) is 1. The van der Waals surface area contributed by atoms with Crippen molar-refractivity contribution < 1.29 is 18.8 Å². The minimum absolute atomic E-state index is 0.152. The molecule has 0 aliphatic carbocycles. The monoisotopic (exact) mass is 449 g/mol. The van der Waals surface area contributed by atoms with Gasteiger partial charge < -0.3 is 9.84 Å². The average Bonchev–Trinajstić information content (AvgIpc) is 2.75. The number of allylic oxidation sites excluding steroid dienone is 4. The molecule has 5 nitrogen and oxygen atoms in total. The molecule has 0 aromatic heterocycles. The van der Waals surface area contributed by atoms with Crippen molar-refractivity contribution in [3.05, 3.63) is 51.9 Å². The number of hydrogen-bond acceptors (Lipinski definition) is 3. The van der Waals surface area contributed by atoms with Gasteiger partial charge in [0.15, 0.2) is 0 Å². The van der Waals surface area contributed by atoms with Gasteiger partial charge in [0.05, 0.1) is 6.10 Å². The van der Waals surface area contributed by atoms with E-state index in [0.29, 0.717) is 35.7 Å². The molecule has 1 fully saturated rings. The number of halogens is 1. The quantitative estimate of drug-likeness (QED) is 0.468. The lowest BCUT2D eigenvalue weighted by Gasteiger charge is -2.41. The summed E-state index contributed by atoms with van der Waals surface area (Å²) in [5.74, 6) is 1.44. The van der Waals surface area contributed by atoms with Gasteiger partial charge in [0, 0.05) is 35.9 Å². The van der Waals surface area contributed by atoms with E-state index < -0.39 is 23.0 Å². The number of carbonyl (C=O) groups is 1. The van der Waals surface area contributed by atoms with E-state index in [1.165, 1.54) is 0 Å². The molecule has 4 atom stereocenters. The first-order valence-corrected chi connectivity index (χ1v) is 11.3. The largest absolute Gasteiger partial charge is 0.480 e. The highest BCUT2D eigenvalue weighted by atomic mass is 35.5. The summed E-state index contributed by atoms with van der Waals surface area (Å²) in [6, 6.07) is 6.49. The smallest absolute Gasteiger partial charge is 0.322 e. The van der Waals surface area contributed by atoms with Crippen LogP contribution in [0.2, 0.25) is 5.02 Å². The topological polar surface area (TPSA) is 66.8 Å². The zero-order valence-corrected chi connectivity index (χ0v) is 19.1. The van der Waals surface area contributed by atoms with Crippen LogP contribution in [-0.4, -0.2) is 45.4 Å². The molecular formula is C23H28ClNO4S. The van der Waals surface area contributed by atoms with Gasteiger partial charge in [0.2, 0.25) is 0 Å². The Morgan fingerprint density at radius 3 is 2.60 bits per heavy atom. The van der Waals surface area contributed by atoms with Crippen LogP contribution in [0.3, 0.4) is 0 Å². The Morgan fingerprint density at radius 2 is 2.07 bits per heavy atom. The maximum absolute atomic E-state index is 13.2. The predicted molar refractivity (Wildman–Crippen MR) is 122 cm³/mol. The van der Waals surface area contributed by atoms with Gasteiger partial charge in [-0.3, -0.25) is 4.79 Å². The first kappa shape index (κ1) is 24.4. The maximum Gasteiger partial charge on any atom is 0.322 e. The van der Waals surface area contributed by atoms with Crippen LogP contribution >= 0.6 is 11.6 Å². The number of hydrogen-bond donors (Lipinski definition) is 1. The molecule has 4 unspecified atom stereocenters. The van der Waals surface area contributed by atoms with Crippen molar-refractivity contribution in [2.45, 2.75) is 45.3 Å². The average molecular weight is 450 g/mol. The van der Waals surface area contributed by atoms with Gasteiger partial charge in [-0.05, 0) is 49.1 Å². The van der Waals surface area contributed by atoms with Gasteiger partial charge in [0.25, 0.3) is 0 Å². The lowest BCUT2D eigenvalue weighted by atomic mass is 9.86. The van der Waals surface area contributed by atoms with Crippen molar-refractivity contribution in [3.63, 3.8) is 0 Å². The summed E-state index contributed by atoms with van der Waals surface area (Å²) in [5, 5.41) is 10.5. The summed E-state index contributed by atoms with van der Waals surface area (Å²) < 4.78 is 20.2. The van der Waals surface area contributed by atoms with E-state index >= 15 is 0 Å². The highest BCUT2D eigenvalue weighted by Gasteiger charge is 2.44. The Balaban J connectivity index is 2.30. The zero-order chi connectivity index (χ0) is 22.3. The van der Waals surface area contributed by atoms with E-state index in [0.717, 1.165) is 11.1 Å². The lowest BCUT2D eigenvalue weighted by Crippen LogP contribution is -2.55. The van der Waals surface area contributed by atoms with E-state index in [4.69, 9.17) is 22.8 Å². The molecule has 1 saturated heterocycles. The van der Waals surface area contributed by atoms with Crippen molar-refractivity contribution in [3.8, 4) is 12.3 Å². The molecule has 1 aliphatic rings. The number of piperidine rings is 1. The molecule has 2 rings (SSSR count).